The molecule has 0 aromatic heterocycles. The van der Waals surface area contributed by atoms with Gasteiger partial charge in [0.1, 0.15) is 0 Å². The van der Waals surface area contributed by atoms with Crippen LogP contribution in [0.4, 0.5) is 0 Å². The van der Waals surface area contributed by atoms with Gasteiger partial charge in [-0.15, -0.1) is 0 Å². The molecule has 0 aliphatic heterocycles. The molecule has 0 bridgehead atoms. The zero-order chi connectivity index (χ0) is 4.83. The molecule has 1 nitrogen and oxygen atoms in total. The van der Waals surface area contributed by atoms with Crippen LogP contribution in [0.15, 0.2) is 0 Å². The third-order valence-electron chi connectivity index (χ3n) is 0.539. The minimum absolute atomic E-state index is 1.10. The van der Waals surface area contributed by atoms with Crippen LogP contribution in [0, 0.1) is 0 Å². The molecule has 0 unspecified atom stereocenters. The van der Waals surface area contributed by atoms with E-state index in [1.807, 2.05) is 0 Å². The number of rotatable bonds is 3. The van der Waals surface area contributed by atoms with Gasteiger partial charge in [-0.05, 0) is 0 Å². The predicted molar refractivity (Wildman–Crippen MR) is 30.5 cm³/mol. The van der Waals surface area contributed by atoms with Crippen LogP contribution in [-0.2, 0) is 0 Å². The molecule has 6 heavy (non-hydrogen) atoms. The summed E-state index contributed by atoms with van der Waals surface area (Å²) in [5.41, 5.74) is 0. The minimum atomic E-state index is 1.10. The zero-order valence-corrected chi connectivity index (χ0v) is 5.95. The van der Waals surface area contributed by atoms with E-state index >= 15 is 0 Å². The van der Waals surface area contributed by atoms with Gasteiger partial charge in [-0.1, -0.05) is 0 Å². The molecular formula is C4H11NSe. The van der Waals surface area contributed by atoms with Crippen LogP contribution < -0.4 is 5.32 Å². The fourth-order valence-electron chi connectivity index (χ4n) is 0.256. The summed E-state index contributed by atoms with van der Waals surface area (Å²) >= 11 is 2.54. The second kappa shape index (κ2) is 5.48. The monoisotopic (exact) mass is 153 g/mol. The van der Waals surface area contributed by atoms with Gasteiger partial charge in [-0.2, -0.15) is 0 Å². The molecule has 0 aliphatic rings. The average Bonchev–Trinajstić information content (AvgIpc) is 1.61. The Morgan fingerprint density at radius 1 is 1.67 bits per heavy atom. The molecule has 0 aliphatic carbocycles. The zero-order valence-electron chi connectivity index (χ0n) is 4.07. The van der Waals surface area contributed by atoms with Crippen LogP contribution in [0.3, 0.4) is 0 Å². The van der Waals surface area contributed by atoms with Gasteiger partial charge >= 0.3 is 46.7 Å². The molecular weight excluding hydrogens is 141 g/mol. The Balaban J connectivity index is 2.34. The first-order chi connectivity index (χ1) is 2.91. The van der Waals surface area contributed by atoms with Crippen LogP contribution in [0.1, 0.15) is 6.92 Å². The topological polar surface area (TPSA) is 12.0 Å². The Hall–Kier alpha value is 0.479. The van der Waals surface area contributed by atoms with Crippen molar-refractivity contribution >= 4 is 16.0 Å². The number of hydrogen-bond donors (Lipinski definition) is 1. The van der Waals surface area contributed by atoms with E-state index in [1.165, 1.54) is 5.32 Å². The van der Waals surface area contributed by atoms with Crippen LogP contribution in [-0.4, -0.2) is 29.1 Å². The fraction of sp³-hybridized carbons (Fsp3) is 1.00. The summed E-state index contributed by atoms with van der Waals surface area (Å²) in [4.78, 5) is 0. The molecule has 0 fully saturated rings. The quantitative estimate of drug-likeness (QED) is 0.440. The van der Waals surface area contributed by atoms with Crippen molar-refractivity contribution < 1.29 is 0 Å². The molecule has 0 saturated carbocycles. The molecule has 0 spiro atoms. The average molecular weight is 152 g/mol. The van der Waals surface area contributed by atoms with E-state index in [-0.39, 0.29) is 0 Å². The summed E-state index contributed by atoms with van der Waals surface area (Å²) in [5, 5.41) is 4.36. The van der Waals surface area contributed by atoms with Gasteiger partial charge in [0, 0.05) is 0 Å². The Bertz CT molecular complexity index is 19.5. The number of hydrogen-bond acceptors (Lipinski definition) is 1. The van der Waals surface area contributed by atoms with Crippen LogP contribution in [0.25, 0.3) is 0 Å². The first-order valence-corrected chi connectivity index (χ1v) is 3.56. The summed E-state index contributed by atoms with van der Waals surface area (Å²) in [6.45, 7) is 4.34. The van der Waals surface area contributed by atoms with Gasteiger partial charge in [0.2, 0.25) is 0 Å². The summed E-state index contributed by atoms with van der Waals surface area (Å²) in [6, 6.07) is 0. The second-order valence-corrected chi connectivity index (χ2v) is 2.02. The van der Waals surface area contributed by atoms with Gasteiger partial charge < -0.3 is 0 Å². The van der Waals surface area contributed by atoms with Crippen molar-refractivity contribution in [2.24, 2.45) is 0 Å². The van der Waals surface area contributed by atoms with Crippen molar-refractivity contribution in [1.82, 2.24) is 5.32 Å². The molecule has 0 saturated heterocycles. The second-order valence-electron chi connectivity index (χ2n) is 1.08. The number of nitrogens with one attached hydrogen (secondary N) is 1. The molecule has 0 amide bonds. The normalized spacial score (nSPS) is 9.00. The van der Waals surface area contributed by atoms with Crippen molar-refractivity contribution in [2.75, 3.05) is 13.1 Å². The van der Waals surface area contributed by atoms with Gasteiger partial charge in [-0.25, -0.2) is 0 Å². The summed E-state index contributed by atoms with van der Waals surface area (Å²) < 4.78 is 0. The standard InChI is InChI=1S/C4H11NSe/c1-2-5-3-4-6/h5-6H,2-4H2,1H3. The Kier molecular flexibility index (Phi) is 5.92. The van der Waals surface area contributed by atoms with E-state index in [0.29, 0.717) is 0 Å². The van der Waals surface area contributed by atoms with E-state index in [1.54, 1.807) is 0 Å². The van der Waals surface area contributed by atoms with Crippen molar-refractivity contribution in [2.45, 2.75) is 12.2 Å². The SMILES string of the molecule is CCNCC[SeH]. The molecule has 0 radical (unpaired) electrons. The van der Waals surface area contributed by atoms with E-state index in [2.05, 4.69) is 28.3 Å². The van der Waals surface area contributed by atoms with E-state index in [4.69, 9.17) is 0 Å². The van der Waals surface area contributed by atoms with Crippen LogP contribution >= 0.6 is 0 Å². The van der Waals surface area contributed by atoms with E-state index < -0.39 is 0 Å². The van der Waals surface area contributed by atoms with Gasteiger partial charge in [0.25, 0.3) is 0 Å². The molecule has 2 heteroatoms. The Morgan fingerprint density at radius 3 is 2.50 bits per heavy atom. The predicted octanol–water partition coefficient (Wildman–Crippen LogP) is -0.0850. The molecule has 0 aromatic carbocycles. The van der Waals surface area contributed by atoms with Gasteiger partial charge in [0.05, 0.1) is 0 Å². The molecule has 0 rings (SSSR count). The maximum atomic E-state index is 3.18. The first kappa shape index (κ1) is 6.48. The van der Waals surface area contributed by atoms with Crippen molar-refractivity contribution in [3.63, 3.8) is 0 Å². The Morgan fingerprint density at radius 2 is 2.33 bits per heavy atom. The van der Waals surface area contributed by atoms with E-state index in [0.717, 1.165) is 13.1 Å². The molecule has 0 heterocycles. The van der Waals surface area contributed by atoms with Crippen molar-refractivity contribution in [1.29, 1.82) is 0 Å². The van der Waals surface area contributed by atoms with Crippen molar-refractivity contribution in [3.8, 4) is 0 Å². The molecule has 0 aromatic rings. The summed E-state index contributed by atoms with van der Waals surface area (Å²) in [7, 11) is 0. The third-order valence-corrected chi connectivity index (χ3v) is 1.01. The fourth-order valence-corrected chi connectivity index (χ4v) is 0.588. The maximum absolute atomic E-state index is 3.18. The molecule has 38 valence electrons. The summed E-state index contributed by atoms with van der Waals surface area (Å²) in [6.07, 6.45) is 0. The third kappa shape index (κ3) is 4.48. The molecule has 1 N–H and O–H groups in total. The van der Waals surface area contributed by atoms with Crippen LogP contribution in [0.5, 0.6) is 0 Å². The van der Waals surface area contributed by atoms with Crippen molar-refractivity contribution in [3.05, 3.63) is 0 Å². The van der Waals surface area contributed by atoms with Crippen LogP contribution in [0.2, 0.25) is 5.32 Å². The summed E-state index contributed by atoms with van der Waals surface area (Å²) in [5.74, 6) is 0. The van der Waals surface area contributed by atoms with Gasteiger partial charge in [0.15, 0.2) is 0 Å². The first-order valence-electron chi connectivity index (χ1n) is 2.23. The van der Waals surface area contributed by atoms with E-state index in [9.17, 15) is 0 Å². The Labute approximate surface area is 47.3 Å². The molecule has 0 atom stereocenters. The van der Waals surface area contributed by atoms with Gasteiger partial charge in [-0.3, -0.25) is 0 Å².